The van der Waals surface area contributed by atoms with Crippen LogP contribution in [0.25, 0.3) is 43.5 Å². The van der Waals surface area contributed by atoms with Crippen molar-refractivity contribution in [1.29, 1.82) is 0 Å². The third-order valence-electron chi connectivity index (χ3n) is 7.50. The summed E-state index contributed by atoms with van der Waals surface area (Å²) in [6.45, 7) is 11.7. The fraction of sp³-hybridized carbons (Fsp3) is 0.267. The van der Waals surface area contributed by atoms with Crippen LogP contribution in [-0.2, 0) is 0 Å². The summed E-state index contributed by atoms with van der Waals surface area (Å²) in [7, 11) is 0. The standard InChI is InChI=1S/C30H26O6/c1-11(2)19-15-7-13(5)21(29-23(15)17(9-35-29)25(31)27(19)33)22-14(6)8-16-20(12(3)4)28(34)26(32)18-10-36-30(22)24(16)18/h7-12,31,33H,1-6H3/b22-21-. The van der Waals surface area contributed by atoms with Gasteiger partial charge in [0.2, 0.25) is 10.9 Å². The minimum Gasteiger partial charge on any atom is -0.504 e. The second-order valence-corrected chi connectivity index (χ2v) is 10.4. The second kappa shape index (κ2) is 7.23. The zero-order valence-corrected chi connectivity index (χ0v) is 21.0. The highest BCUT2D eigenvalue weighted by molar-refractivity contribution is 6.15. The fourth-order valence-electron chi connectivity index (χ4n) is 5.99. The summed E-state index contributed by atoms with van der Waals surface area (Å²) >= 11 is 0. The Morgan fingerprint density at radius 3 is 1.64 bits per heavy atom. The molecular formula is C30H26O6. The van der Waals surface area contributed by atoms with Crippen molar-refractivity contribution in [2.45, 2.75) is 53.4 Å². The van der Waals surface area contributed by atoms with Gasteiger partial charge in [0, 0.05) is 32.3 Å². The zero-order chi connectivity index (χ0) is 25.8. The van der Waals surface area contributed by atoms with Gasteiger partial charge in [0.1, 0.15) is 23.7 Å². The molecule has 0 aliphatic heterocycles. The van der Waals surface area contributed by atoms with Crippen molar-refractivity contribution in [3.8, 4) is 11.5 Å². The summed E-state index contributed by atoms with van der Waals surface area (Å²) in [5.41, 5.74) is 3.01. The molecule has 182 valence electrons. The van der Waals surface area contributed by atoms with Gasteiger partial charge in [-0.3, -0.25) is 9.59 Å². The molecule has 0 bridgehead atoms. The van der Waals surface area contributed by atoms with Crippen molar-refractivity contribution in [2.24, 2.45) is 0 Å². The molecular weight excluding hydrogens is 456 g/mol. The van der Waals surface area contributed by atoms with Crippen LogP contribution < -0.4 is 10.9 Å². The Hall–Kier alpha value is -4.06. The molecule has 6 nitrogen and oxygen atoms in total. The summed E-state index contributed by atoms with van der Waals surface area (Å²) in [5, 5.41) is 26.7. The normalized spacial score (nSPS) is 13.6. The molecule has 0 unspecified atom stereocenters. The lowest BCUT2D eigenvalue weighted by Gasteiger charge is -2.15. The summed E-state index contributed by atoms with van der Waals surface area (Å²) in [5.74, 6) is -0.487. The van der Waals surface area contributed by atoms with Gasteiger partial charge in [0.05, 0.1) is 10.8 Å². The van der Waals surface area contributed by atoms with Crippen LogP contribution in [0.15, 0.2) is 43.1 Å². The number of benzene rings is 4. The predicted molar refractivity (Wildman–Crippen MR) is 141 cm³/mol. The molecule has 2 aromatic heterocycles. The van der Waals surface area contributed by atoms with E-state index in [9.17, 15) is 19.8 Å². The maximum Gasteiger partial charge on any atom is 0.237 e. The topological polar surface area (TPSA) is 101 Å². The van der Waals surface area contributed by atoms with E-state index in [1.165, 1.54) is 12.5 Å². The molecule has 0 aliphatic carbocycles. The molecule has 0 radical (unpaired) electrons. The maximum absolute atomic E-state index is 12.9. The molecule has 0 aliphatic rings. The van der Waals surface area contributed by atoms with E-state index in [0.29, 0.717) is 33.1 Å². The molecule has 2 heterocycles. The second-order valence-electron chi connectivity index (χ2n) is 10.4. The fourth-order valence-corrected chi connectivity index (χ4v) is 5.99. The number of aromatic hydroxyl groups is 2. The lowest BCUT2D eigenvalue weighted by atomic mass is 9.89. The average Bonchev–Trinajstić information content (AvgIpc) is 3.43. The van der Waals surface area contributed by atoms with Gasteiger partial charge in [-0.25, -0.2) is 0 Å². The van der Waals surface area contributed by atoms with Crippen LogP contribution in [0, 0.1) is 24.3 Å². The number of phenolic OH excluding ortho intramolecular Hbond substituents is 2. The number of hydrogen-bond donors (Lipinski definition) is 2. The van der Waals surface area contributed by atoms with Gasteiger partial charge in [0.15, 0.2) is 11.5 Å². The van der Waals surface area contributed by atoms with Crippen molar-refractivity contribution in [3.05, 3.63) is 77.8 Å². The van der Waals surface area contributed by atoms with Crippen molar-refractivity contribution < 1.29 is 19.0 Å². The summed E-state index contributed by atoms with van der Waals surface area (Å²) in [4.78, 5) is 25.8. The molecule has 36 heavy (non-hydrogen) atoms. The molecule has 6 rings (SSSR count). The smallest absolute Gasteiger partial charge is 0.237 e. The van der Waals surface area contributed by atoms with E-state index >= 15 is 0 Å². The Morgan fingerprint density at radius 1 is 0.639 bits per heavy atom. The van der Waals surface area contributed by atoms with E-state index in [0.717, 1.165) is 37.7 Å². The van der Waals surface area contributed by atoms with E-state index in [1.807, 2.05) is 53.7 Å². The first-order valence-electron chi connectivity index (χ1n) is 12.1. The Morgan fingerprint density at radius 2 is 1.11 bits per heavy atom. The zero-order valence-electron chi connectivity index (χ0n) is 21.0. The van der Waals surface area contributed by atoms with Crippen molar-refractivity contribution in [2.75, 3.05) is 0 Å². The van der Waals surface area contributed by atoms with Crippen LogP contribution in [0.5, 0.6) is 11.5 Å². The molecule has 0 amide bonds. The third-order valence-corrected chi connectivity index (χ3v) is 7.50. The van der Waals surface area contributed by atoms with E-state index in [1.54, 1.807) is 0 Å². The Bertz CT molecular complexity index is 2080. The van der Waals surface area contributed by atoms with Crippen LogP contribution in [0.2, 0.25) is 0 Å². The Labute approximate surface area is 205 Å². The van der Waals surface area contributed by atoms with Crippen molar-refractivity contribution in [3.63, 3.8) is 0 Å². The lowest BCUT2D eigenvalue weighted by molar-refractivity contribution is 0.402. The first-order chi connectivity index (χ1) is 17.0. The molecule has 6 heteroatoms. The van der Waals surface area contributed by atoms with Crippen LogP contribution in [0.4, 0.5) is 0 Å². The minimum absolute atomic E-state index is 0.0320. The molecule has 2 N–H and O–H groups in total. The van der Waals surface area contributed by atoms with E-state index in [-0.39, 0.29) is 28.7 Å². The van der Waals surface area contributed by atoms with Crippen LogP contribution in [0.3, 0.4) is 0 Å². The number of furan rings is 2. The van der Waals surface area contributed by atoms with Crippen LogP contribution in [-0.4, -0.2) is 10.2 Å². The average molecular weight is 483 g/mol. The van der Waals surface area contributed by atoms with Gasteiger partial charge in [-0.15, -0.1) is 0 Å². The molecule has 0 fully saturated rings. The van der Waals surface area contributed by atoms with Crippen molar-refractivity contribution in [1.82, 2.24) is 0 Å². The largest absolute Gasteiger partial charge is 0.504 e. The molecule has 0 atom stereocenters. The van der Waals surface area contributed by atoms with Gasteiger partial charge in [0.25, 0.3) is 0 Å². The lowest BCUT2D eigenvalue weighted by Crippen LogP contribution is -2.28. The predicted octanol–water partition coefficient (Wildman–Crippen LogP) is 6.64. The van der Waals surface area contributed by atoms with Gasteiger partial charge < -0.3 is 19.0 Å². The minimum atomic E-state index is -0.548. The monoisotopic (exact) mass is 482 g/mol. The van der Waals surface area contributed by atoms with Crippen LogP contribution in [0.1, 0.15) is 61.8 Å². The van der Waals surface area contributed by atoms with Crippen LogP contribution >= 0.6 is 0 Å². The van der Waals surface area contributed by atoms with E-state index in [4.69, 9.17) is 8.83 Å². The summed E-state index contributed by atoms with van der Waals surface area (Å²) < 4.78 is 12.1. The molecule has 0 saturated heterocycles. The number of hydrogen-bond acceptors (Lipinski definition) is 6. The molecule has 4 aromatic carbocycles. The Kier molecular flexibility index (Phi) is 4.50. The Balaban J connectivity index is 1.96. The highest BCUT2D eigenvalue weighted by Gasteiger charge is 2.25. The first-order valence-corrected chi connectivity index (χ1v) is 12.1. The van der Waals surface area contributed by atoms with Gasteiger partial charge in [-0.1, -0.05) is 39.8 Å². The molecule has 6 aromatic rings. The highest BCUT2D eigenvalue weighted by Crippen LogP contribution is 2.47. The quantitative estimate of drug-likeness (QED) is 0.212. The SMILES string of the molecule is Cc1cc2c(C(C)C)c(O)c(O)c3coc(/c1=c1/c(C)cc4c(C(C)C)c(=O)c(=O)c5coc1c45)c32. The summed E-state index contributed by atoms with van der Waals surface area (Å²) in [6, 6.07) is 3.96. The number of aryl methyl sites for hydroxylation is 2. The highest BCUT2D eigenvalue weighted by atomic mass is 16.3. The van der Waals surface area contributed by atoms with Gasteiger partial charge >= 0.3 is 0 Å². The van der Waals surface area contributed by atoms with E-state index in [2.05, 4.69) is 0 Å². The molecule has 0 saturated carbocycles. The number of phenols is 2. The number of rotatable bonds is 2. The van der Waals surface area contributed by atoms with Gasteiger partial charge in [-0.2, -0.15) is 0 Å². The molecule has 0 spiro atoms. The van der Waals surface area contributed by atoms with Gasteiger partial charge in [-0.05, 0) is 47.6 Å². The van der Waals surface area contributed by atoms with Crippen molar-refractivity contribution >= 4 is 43.5 Å². The summed E-state index contributed by atoms with van der Waals surface area (Å²) in [6.07, 6.45) is 2.84. The third kappa shape index (κ3) is 2.61. The maximum atomic E-state index is 12.9. The first kappa shape index (κ1) is 22.4. The van der Waals surface area contributed by atoms with E-state index < -0.39 is 10.9 Å².